The van der Waals surface area contributed by atoms with Crippen LogP contribution in [-0.2, 0) is 16.0 Å². The molecule has 8 heteroatoms. The number of anilines is 1. The molecule has 0 unspecified atom stereocenters. The lowest BCUT2D eigenvalue weighted by atomic mass is 10.1. The number of aliphatic hydroxyl groups excluding tert-OH is 1. The normalized spacial score (nSPS) is 10.8. The van der Waals surface area contributed by atoms with Crippen LogP contribution in [-0.4, -0.2) is 32.7 Å². The van der Waals surface area contributed by atoms with Gasteiger partial charge in [-0.3, -0.25) is 4.79 Å². The number of nitrogens with zero attached hydrogens (tertiary/aromatic N) is 2. The van der Waals surface area contributed by atoms with Crippen LogP contribution in [0.1, 0.15) is 17.6 Å². The number of esters is 1. The standard InChI is InChI=1S/C17H15N3O3S2/c1-2-23-11(21)8-10-19-14(9-6-4-3-5-7-9)12-13(18)15(17(22)24)25-16(12)20-10/h3-7H,2,8,18H2,1H3,(H,22,24). The molecule has 0 amide bonds. The van der Waals surface area contributed by atoms with Gasteiger partial charge in [0.25, 0.3) is 0 Å². The van der Waals surface area contributed by atoms with Crippen LogP contribution in [0.4, 0.5) is 5.69 Å². The first-order valence-corrected chi connectivity index (χ1v) is 8.77. The van der Waals surface area contributed by atoms with E-state index in [1.807, 2.05) is 30.3 Å². The third-order valence-electron chi connectivity index (χ3n) is 3.48. The van der Waals surface area contributed by atoms with Crippen molar-refractivity contribution in [1.82, 2.24) is 9.97 Å². The van der Waals surface area contributed by atoms with Gasteiger partial charge in [-0.05, 0) is 19.1 Å². The van der Waals surface area contributed by atoms with Gasteiger partial charge in [0, 0.05) is 5.56 Å². The maximum atomic E-state index is 11.8. The maximum Gasteiger partial charge on any atom is 0.313 e. The molecule has 25 heavy (non-hydrogen) atoms. The maximum absolute atomic E-state index is 11.8. The van der Waals surface area contributed by atoms with E-state index in [4.69, 9.17) is 22.7 Å². The van der Waals surface area contributed by atoms with Crippen LogP contribution in [0, 0.1) is 0 Å². The average molecular weight is 373 g/mol. The Balaban J connectivity index is 2.22. The van der Waals surface area contributed by atoms with E-state index in [-0.39, 0.29) is 11.5 Å². The Labute approximate surface area is 153 Å². The highest BCUT2D eigenvalue weighted by Crippen LogP contribution is 2.38. The molecule has 6 nitrogen and oxygen atoms in total. The molecule has 0 atom stereocenters. The first-order valence-electron chi connectivity index (χ1n) is 7.54. The van der Waals surface area contributed by atoms with Crippen LogP contribution < -0.4 is 5.73 Å². The van der Waals surface area contributed by atoms with Crippen molar-refractivity contribution in [1.29, 1.82) is 0 Å². The van der Waals surface area contributed by atoms with Crippen LogP contribution in [0.15, 0.2) is 30.3 Å². The van der Waals surface area contributed by atoms with Crippen LogP contribution in [0.25, 0.3) is 21.5 Å². The molecule has 0 radical (unpaired) electrons. The van der Waals surface area contributed by atoms with Crippen LogP contribution in [0.2, 0.25) is 0 Å². The molecule has 1 aromatic carbocycles. The highest BCUT2D eigenvalue weighted by atomic mass is 32.1. The predicted octanol–water partition coefficient (Wildman–Crippen LogP) is 3.28. The smallest absolute Gasteiger partial charge is 0.313 e. The van der Waals surface area contributed by atoms with E-state index in [2.05, 4.69) is 9.97 Å². The topological polar surface area (TPSA) is 98.3 Å². The SMILES string of the molecule is CCOC(=O)Cc1nc(-c2ccccc2)c2c(N)c(C(O)=S)sc2n1. The van der Waals surface area contributed by atoms with Crippen molar-refractivity contribution in [3.63, 3.8) is 0 Å². The van der Waals surface area contributed by atoms with Gasteiger partial charge >= 0.3 is 5.97 Å². The molecule has 0 fully saturated rings. The summed E-state index contributed by atoms with van der Waals surface area (Å²) in [6, 6.07) is 9.45. The molecule has 0 aliphatic rings. The van der Waals surface area contributed by atoms with E-state index in [1.165, 1.54) is 11.3 Å². The lowest BCUT2D eigenvalue weighted by Crippen LogP contribution is -2.10. The number of rotatable bonds is 5. The number of fused-ring (bicyclic) bond motifs is 1. The number of carbonyl (C=O) groups excluding carboxylic acids is 1. The lowest BCUT2D eigenvalue weighted by molar-refractivity contribution is -0.142. The fraction of sp³-hybridized carbons (Fsp3) is 0.176. The summed E-state index contributed by atoms with van der Waals surface area (Å²) in [7, 11) is 0. The molecule has 0 saturated carbocycles. The van der Waals surface area contributed by atoms with E-state index < -0.39 is 5.97 Å². The van der Waals surface area contributed by atoms with Gasteiger partial charge in [-0.2, -0.15) is 0 Å². The number of carbonyl (C=O) groups is 1. The molecule has 3 rings (SSSR count). The minimum absolute atomic E-state index is 0.0413. The zero-order valence-electron chi connectivity index (χ0n) is 13.4. The minimum Gasteiger partial charge on any atom is -0.498 e. The van der Waals surface area contributed by atoms with Crippen molar-refractivity contribution in [3.8, 4) is 11.3 Å². The largest absolute Gasteiger partial charge is 0.498 e. The molecule has 0 aliphatic heterocycles. The molecule has 0 spiro atoms. The number of aliphatic hydroxyl groups is 1. The molecule has 0 aliphatic carbocycles. The third-order valence-corrected chi connectivity index (χ3v) is 4.92. The van der Waals surface area contributed by atoms with Gasteiger partial charge in [0.1, 0.15) is 22.0 Å². The Morgan fingerprint density at radius 3 is 2.68 bits per heavy atom. The van der Waals surface area contributed by atoms with Gasteiger partial charge < -0.3 is 15.6 Å². The van der Waals surface area contributed by atoms with E-state index in [0.717, 1.165) is 5.56 Å². The quantitative estimate of drug-likeness (QED) is 0.523. The Morgan fingerprint density at radius 1 is 1.32 bits per heavy atom. The van der Waals surface area contributed by atoms with E-state index >= 15 is 0 Å². The Morgan fingerprint density at radius 2 is 2.04 bits per heavy atom. The van der Waals surface area contributed by atoms with Crippen molar-refractivity contribution in [2.45, 2.75) is 13.3 Å². The zero-order valence-corrected chi connectivity index (χ0v) is 15.0. The van der Waals surface area contributed by atoms with Gasteiger partial charge in [-0.1, -0.05) is 30.3 Å². The summed E-state index contributed by atoms with van der Waals surface area (Å²) in [5, 5.41) is 10.0. The predicted molar refractivity (Wildman–Crippen MR) is 102 cm³/mol. The second-order valence-electron chi connectivity index (χ2n) is 5.17. The van der Waals surface area contributed by atoms with Crippen LogP contribution in [0.5, 0.6) is 0 Å². The van der Waals surface area contributed by atoms with Crippen LogP contribution in [0.3, 0.4) is 0 Å². The van der Waals surface area contributed by atoms with E-state index in [0.29, 0.717) is 38.9 Å². The van der Waals surface area contributed by atoms with E-state index in [1.54, 1.807) is 6.92 Å². The summed E-state index contributed by atoms with van der Waals surface area (Å²) in [5.74, 6) is -0.0650. The summed E-state index contributed by atoms with van der Waals surface area (Å²) < 4.78 is 4.97. The first kappa shape index (κ1) is 17.2. The second-order valence-corrected chi connectivity index (χ2v) is 6.55. The number of hydrogen-bond acceptors (Lipinski definition) is 7. The summed E-state index contributed by atoms with van der Waals surface area (Å²) in [4.78, 5) is 21.7. The van der Waals surface area contributed by atoms with Crippen LogP contribution >= 0.6 is 23.6 Å². The van der Waals surface area contributed by atoms with Gasteiger partial charge in [-0.15, -0.1) is 11.3 Å². The molecule has 2 heterocycles. The highest BCUT2D eigenvalue weighted by Gasteiger charge is 2.21. The number of aromatic nitrogens is 2. The highest BCUT2D eigenvalue weighted by molar-refractivity contribution is 7.80. The number of nitrogen functional groups attached to an aromatic ring is 1. The Bertz CT molecular complexity index is 955. The number of benzene rings is 1. The fourth-order valence-electron chi connectivity index (χ4n) is 2.45. The molecular formula is C17H15N3O3S2. The van der Waals surface area contributed by atoms with Gasteiger partial charge in [-0.25, -0.2) is 9.97 Å². The minimum atomic E-state index is -0.400. The molecule has 128 valence electrons. The Kier molecular flexibility index (Phi) is 4.91. The van der Waals surface area contributed by atoms with Gasteiger partial charge in [0.2, 0.25) is 5.05 Å². The summed E-state index contributed by atoms with van der Waals surface area (Å²) in [5.41, 5.74) is 7.94. The number of nitrogens with two attached hydrogens (primary N) is 1. The van der Waals surface area contributed by atoms with Crippen molar-refractivity contribution in [3.05, 3.63) is 41.0 Å². The molecule has 0 bridgehead atoms. The lowest BCUT2D eigenvalue weighted by Gasteiger charge is -2.07. The molecule has 3 aromatic rings. The third kappa shape index (κ3) is 3.45. The van der Waals surface area contributed by atoms with Crippen molar-refractivity contribution in [2.24, 2.45) is 0 Å². The summed E-state index contributed by atoms with van der Waals surface area (Å²) >= 11 is 6.03. The Hall–Kier alpha value is -2.58. The van der Waals surface area contributed by atoms with Gasteiger partial charge in [0.15, 0.2) is 0 Å². The number of thiophene rings is 1. The van der Waals surface area contributed by atoms with Crippen molar-refractivity contribution in [2.75, 3.05) is 12.3 Å². The van der Waals surface area contributed by atoms with E-state index in [9.17, 15) is 9.90 Å². The molecule has 0 saturated heterocycles. The number of thiocarbonyl (C=S) groups is 1. The number of hydrogen-bond donors (Lipinski definition) is 2. The fourth-order valence-corrected chi connectivity index (χ4v) is 3.64. The summed E-state index contributed by atoms with van der Waals surface area (Å²) in [6.07, 6.45) is -0.0413. The molecule has 2 aromatic heterocycles. The van der Waals surface area contributed by atoms with Gasteiger partial charge in [0.05, 0.1) is 23.4 Å². The van der Waals surface area contributed by atoms with Crippen molar-refractivity contribution >= 4 is 50.5 Å². The molecular weight excluding hydrogens is 358 g/mol. The monoisotopic (exact) mass is 373 g/mol. The number of ether oxygens (including phenoxy) is 1. The summed E-state index contributed by atoms with van der Waals surface area (Å²) in [6.45, 7) is 2.04. The second kappa shape index (κ2) is 7.12. The first-order chi connectivity index (χ1) is 12.0. The molecule has 3 N–H and O–H groups in total. The average Bonchev–Trinajstić information content (AvgIpc) is 2.92. The zero-order chi connectivity index (χ0) is 18.0. The van der Waals surface area contributed by atoms with Crippen molar-refractivity contribution < 1.29 is 14.6 Å².